The minimum atomic E-state index is -3.88. The highest BCUT2D eigenvalue weighted by Gasteiger charge is 2.19. The number of esters is 1. The maximum absolute atomic E-state index is 13.2. The van der Waals surface area contributed by atoms with Crippen molar-refractivity contribution < 1.29 is 22.7 Å². The van der Waals surface area contributed by atoms with Gasteiger partial charge in [0, 0.05) is 65.6 Å². The Morgan fingerprint density at radius 1 is 1.09 bits per heavy atom. The number of hydrogen-bond donors (Lipinski definition) is 4. The Morgan fingerprint density at radius 2 is 1.79 bits per heavy atom. The molecule has 15 heteroatoms. The smallest absolute Gasteiger partial charge is 0.307 e. The minimum Gasteiger partial charge on any atom is -0.465 e. The van der Waals surface area contributed by atoms with Gasteiger partial charge in [-0.1, -0.05) is 30.7 Å². The third-order valence-corrected chi connectivity index (χ3v) is 9.57. The van der Waals surface area contributed by atoms with Crippen molar-refractivity contribution in [2.75, 3.05) is 37.9 Å². The molecule has 0 spiro atoms. The van der Waals surface area contributed by atoms with Gasteiger partial charge in [-0.25, -0.2) is 23.1 Å². The van der Waals surface area contributed by atoms with Crippen LogP contribution in [0.2, 0.25) is 0 Å². The topological polar surface area (TPSA) is 148 Å². The number of carbonyl (C=O) groups excluding carboxylic acids is 2. The van der Waals surface area contributed by atoms with Gasteiger partial charge in [-0.2, -0.15) is 25.3 Å². The van der Waals surface area contributed by atoms with Crippen LogP contribution in [0.25, 0.3) is 10.8 Å². The zero-order valence-electron chi connectivity index (χ0n) is 27.2. The van der Waals surface area contributed by atoms with Gasteiger partial charge in [0.25, 0.3) is 0 Å². The number of thiol groups is 2. The van der Waals surface area contributed by atoms with Gasteiger partial charge in [-0.05, 0) is 50.8 Å². The van der Waals surface area contributed by atoms with Crippen molar-refractivity contribution in [3.63, 3.8) is 0 Å². The number of aromatic nitrogens is 2. The van der Waals surface area contributed by atoms with Crippen LogP contribution in [0.4, 0.5) is 11.5 Å². The molecule has 47 heavy (non-hydrogen) atoms. The van der Waals surface area contributed by atoms with Gasteiger partial charge in [0.1, 0.15) is 11.6 Å². The first-order chi connectivity index (χ1) is 21.8. The number of ether oxygens (including phenoxy) is 1. The van der Waals surface area contributed by atoms with Crippen LogP contribution in [0.15, 0.2) is 58.8 Å². The molecule has 0 radical (unpaired) electrons. The highest BCUT2D eigenvalue weighted by Crippen LogP contribution is 2.30. The molecule has 0 saturated heterocycles. The number of sulfonamides is 1. The second kappa shape index (κ2) is 19.1. The lowest BCUT2D eigenvalue weighted by molar-refractivity contribution is -0.143. The van der Waals surface area contributed by atoms with Crippen molar-refractivity contribution in [3.8, 4) is 0 Å². The largest absolute Gasteiger partial charge is 0.465 e. The van der Waals surface area contributed by atoms with E-state index in [0.29, 0.717) is 35.4 Å². The number of unbranched alkanes of at least 4 members (excludes halogenated alkanes) is 1. The van der Waals surface area contributed by atoms with Gasteiger partial charge in [0.15, 0.2) is 0 Å². The van der Waals surface area contributed by atoms with E-state index in [1.807, 2.05) is 44.1 Å². The van der Waals surface area contributed by atoms with E-state index in [4.69, 9.17) is 10.5 Å². The number of aryl methyl sites for hydroxylation is 1. The van der Waals surface area contributed by atoms with Crippen molar-refractivity contribution in [3.05, 3.63) is 65.3 Å². The highest BCUT2D eigenvalue weighted by atomic mass is 35.5. The van der Waals surface area contributed by atoms with E-state index in [1.165, 1.54) is 0 Å². The Morgan fingerprint density at radius 3 is 2.45 bits per heavy atom. The van der Waals surface area contributed by atoms with E-state index in [9.17, 15) is 18.0 Å². The third-order valence-electron chi connectivity index (χ3n) is 7.54. The molecule has 1 heterocycles. The van der Waals surface area contributed by atoms with Gasteiger partial charge < -0.3 is 20.3 Å². The van der Waals surface area contributed by atoms with Crippen molar-refractivity contribution in [1.29, 1.82) is 0 Å². The molecule has 0 aliphatic heterocycles. The second-order valence-corrected chi connectivity index (χ2v) is 14.5. The molecule has 3 N–H and O–H groups in total. The quantitative estimate of drug-likeness (QED) is 0.0452. The predicted octanol–water partition coefficient (Wildman–Crippen LogP) is 5.29. The maximum Gasteiger partial charge on any atom is 0.307 e. The first-order valence-electron chi connectivity index (χ1n) is 15.0. The van der Waals surface area contributed by atoms with Gasteiger partial charge >= 0.3 is 5.97 Å². The molecule has 0 saturated carbocycles. The average molecular weight is 725 g/mol. The molecule has 0 aliphatic rings. The number of nitrogens with two attached hydrogens (primary N) is 1. The Balaban J connectivity index is 0.00000768. The van der Waals surface area contributed by atoms with Gasteiger partial charge in [0.05, 0.1) is 24.5 Å². The number of nitrogens with zero attached hydrogens (tertiary/aromatic N) is 4. The summed E-state index contributed by atoms with van der Waals surface area (Å²) in [6.45, 7) is 3.76. The summed E-state index contributed by atoms with van der Waals surface area (Å²) >= 11 is 8.66. The lowest BCUT2D eigenvalue weighted by Crippen LogP contribution is -2.27. The Hall–Kier alpha value is -3.04. The standard InChI is InChI=1S/C32H44N6O5S3.ClH/c1-22(38(21-39)20-25-19-34-23(2)36-32(25)33)24(9-5-6-14-31(44)45)16-18-43-30(40)15-17-35-46(41,42)29-13-8-10-26-27(29)11-7-12-28(26)37(3)4;/h7-8,10-13,19,21,31,35,44-45H,5-6,9,14-18,20H2,1-4H3,(H2,33,34,36);1H. The average Bonchev–Trinajstić information content (AvgIpc) is 3.00. The van der Waals surface area contributed by atoms with E-state index < -0.39 is 16.0 Å². The van der Waals surface area contributed by atoms with Crippen LogP contribution in [0, 0.1) is 6.92 Å². The van der Waals surface area contributed by atoms with Crippen molar-refractivity contribution in [2.24, 2.45) is 0 Å². The highest BCUT2D eigenvalue weighted by molar-refractivity contribution is 7.99. The molecule has 11 nitrogen and oxygen atoms in total. The molecule has 0 aliphatic carbocycles. The molecule has 3 aromatic rings. The fraction of sp³-hybridized carbons (Fsp3) is 0.438. The summed E-state index contributed by atoms with van der Waals surface area (Å²) in [6, 6.07) is 10.6. The molecule has 0 fully saturated rings. The van der Waals surface area contributed by atoms with Crippen LogP contribution >= 0.6 is 37.7 Å². The fourth-order valence-corrected chi connectivity index (χ4v) is 6.64. The summed E-state index contributed by atoms with van der Waals surface area (Å²) in [5, 5.41) is 1.41. The van der Waals surface area contributed by atoms with Gasteiger partial charge in [0.2, 0.25) is 16.4 Å². The van der Waals surface area contributed by atoms with Crippen LogP contribution in [0.3, 0.4) is 0 Å². The van der Waals surface area contributed by atoms with E-state index >= 15 is 0 Å². The number of carbonyl (C=O) groups is 2. The van der Waals surface area contributed by atoms with Crippen molar-refractivity contribution in [1.82, 2.24) is 19.6 Å². The summed E-state index contributed by atoms with van der Waals surface area (Å²) in [7, 11) is -0.0853. The number of rotatable bonds is 18. The lowest BCUT2D eigenvalue weighted by Gasteiger charge is -2.23. The Bertz CT molecular complexity index is 1650. The van der Waals surface area contributed by atoms with Crippen LogP contribution in [0.1, 0.15) is 56.8 Å². The van der Waals surface area contributed by atoms with E-state index in [1.54, 1.807) is 36.2 Å². The summed E-state index contributed by atoms with van der Waals surface area (Å²) in [5.41, 5.74) is 9.27. The fourth-order valence-electron chi connectivity index (χ4n) is 5.02. The lowest BCUT2D eigenvalue weighted by atomic mass is 10.0. The van der Waals surface area contributed by atoms with E-state index in [-0.39, 0.29) is 48.0 Å². The molecule has 0 unspecified atom stereocenters. The molecule has 0 bridgehead atoms. The van der Waals surface area contributed by atoms with Gasteiger partial charge in [-0.3, -0.25) is 9.59 Å². The number of hydrogen-bond acceptors (Lipinski definition) is 11. The van der Waals surface area contributed by atoms with Crippen LogP contribution in [0.5, 0.6) is 0 Å². The Labute approximate surface area is 295 Å². The minimum absolute atomic E-state index is 0. The van der Waals surface area contributed by atoms with E-state index in [2.05, 4.69) is 39.9 Å². The molecular weight excluding hydrogens is 680 g/mol. The third kappa shape index (κ3) is 11.9. The number of allylic oxidation sites excluding steroid dienone is 1. The van der Waals surface area contributed by atoms with Crippen molar-refractivity contribution in [2.45, 2.75) is 68.4 Å². The first-order valence-corrected chi connectivity index (χ1v) is 17.5. The number of halogens is 1. The number of nitrogens with one attached hydrogen (secondary N) is 1. The van der Waals surface area contributed by atoms with Crippen LogP contribution in [-0.2, 0) is 30.9 Å². The second-order valence-electron chi connectivity index (χ2n) is 11.1. The molecule has 0 atom stereocenters. The first kappa shape index (κ1) is 40.1. The van der Waals surface area contributed by atoms with Crippen LogP contribution in [-0.4, -0.2) is 67.5 Å². The zero-order chi connectivity index (χ0) is 33.9. The number of anilines is 2. The number of fused-ring (bicyclic) bond motifs is 1. The number of amides is 1. The molecule has 3 rings (SSSR count). The number of nitrogen functional groups attached to an aromatic ring is 1. The summed E-state index contributed by atoms with van der Waals surface area (Å²) in [4.78, 5) is 36.7. The van der Waals surface area contributed by atoms with E-state index in [0.717, 1.165) is 48.0 Å². The zero-order valence-corrected chi connectivity index (χ0v) is 30.6. The normalized spacial score (nSPS) is 12.0. The molecule has 2 aromatic carbocycles. The monoisotopic (exact) mass is 724 g/mol. The summed E-state index contributed by atoms with van der Waals surface area (Å²) in [5.74, 6) is 0.322. The predicted molar refractivity (Wildman–Crippen MR) is 197 cm³/mol. The Kier molecular flexibility index (Phi) is 16.3. The molecule has 1 aromatic heterocycles. The summed E-state index contributed by atoms with van der Waals surface area (Å²) < 4.78 is 34.3. The number of benzene rings is 2. The molecular formula is C32H45ClN6O5S3. The maximum atomic E-state index is 13.2. The van der Waals surface area contributed by atoms with Crippen molar-refractivity contribution >= 4 is 82.3 Å². The summed E-state index contributed by atoms with van der Waals surface area (Å²) in [6.07, 6.45) is 5.86. The van der Waals surface area contributed by atoms with Crippen LogP contribution < -0.4 is 15.4 Å². The van der Waals surface area contributed by atoms with Gasteiger partial charge in [-0.15, -0.1) is 12.4 Å². The SMILES string of the molecule is CC(=C(CCCCC(S)S)CCOC(=O)CCNS(=O)(=O)c1cccc2c(N(C)C)cccc12)N(C=O)Cc1cnc(C)nc1N.Cl. The molecule has 258 valence electrons. The molecule has 1 amide bonds.